The second-order valence-corrected chi connectivity index (χ2v) is 13.7. The summed E-state index contributed by atoms with van der Waals surface area (Å²) in [5.74, 6) is -2.92. The number of alkyl halides is 3. The minimum atomic E-state index is -4.83. The first-order chi connectivity index (χ1) is 17.0. The van der Waals surface area contributed by atoms with E-state index in [-0.39, 0.29) is 15.5 Å². The molecule has 2 unspecified atom stereocenters. The molecule has 13 heteroatoms. The SMILES string of the molecule is CC(C)(C)N1CCN(c2ccc(S(=O)(=O)C3CC(C(=O)O)N(C(=O)C4(C(F)(F)F)CC4)C3)c(Cl)c2)CC1. The molecule has 1 amide bonds. The van der Waals surface area contributed by atoms with Crippen LogP contribution in [0.25, 0.3) is 0 Å². The summed E-state index contributed by atoms with van der Waals surface area (Å²) in [5.41, 5.74) is -1.86. The first kappa shape index (κ1) is 28.0. The van der Waals surface area contributed by atoms with Crippen molar-refractivity contribution < 1.29 is 36.3 Å². The van der Waals surface area contributed by atoms with Gasteiger partial charge in [0.05, 0.1) is 15.2 Å². The van der Waals surface area contributed by atoms with Crippen LogP contribution in [0.2, 0.25) is 5.02 Å². The van der Waals surface area contributed by atoms with Gasteiger partial charge in [-0.25, -0.2) is 13.2 Å². The highest BCUT2D eigenvalue weighted by Crippen LogP contribution is 2.59. The van der Waals surface area contributed by atoms with Crippen molar-refractivity contribution >= 4 is 39.0 Å². The van der Waals surface area contributed by atoms with Crippen LogP contribution in [0.3, 0.4) is 0 Å². The molecule has 0 aromatic heterocycles. The van der Waals surface area contributed by atoms with Gasteiger partial charge in [0.2, 0.25) is 5.91 Å². The van der Waals surface area contributed by atoms with E-state index in [9.17, 15) is 36.3 Å². The molecule has 2 heterocycles. The van der Waals surface area contributed by atoms with Crippen molar-refractivity contribution in [3.05, 3.63) is 23.2 Å². The number of carbonyl (C=O) groups excluding carboxylic acids is 1. The fourth-order valence-electron chi connectivity index (χ4n) is 5.23. The van der Waals surface area contributed by atoms with Crippen LogP contribution in [0.1, 0.15) is 40.0 Å². The highest BCUT2D eigenvalue weighted by atomic mass is 35.5. The summed E-state index contributed by atoms with van der Waals surface area (Å²) in [7, 11) is -4.24. The van der Waals surface area contributed by atoms with Crippen LogP contribution in [0.4, 0.5) is 18.9 Å². The third-order valence-corrected chi connectivity index (χ3v) is 10.4. The Morgan fingerprint density at radius 2 is 1.68 bits per heavy atom. The number of anilines is 1. The van der Waals surface area contributed by atoms with E-state index >= 15 is 0 Å². The molecular weight excluding hydrogens is 535 g/mol. The van der Waals surface area contributed by atoms with Crippen LogP contribution in [-0.2, 0) is 19.4 Å². The molecule has 1 aliphatic carbocycles. The molecule has 2 atom stereocenters. The highest BCUT2D eigenvalue weighted by molar-refractivity contribution is 7.92. The van der Waals surface area contributed by atoms with Crippen LogP contribution in [-0.4, -0.2) is 90.9 Å². The van der Waals surface area contributed by atoms with Crippen LogP contribution < -0.4 is 4.90 Å². The van der Waals surface area contributed by atoms with Gasteiger partial charge in [-0.1, -0.05) is 11.6 Å². The van der Waals surface area contributed by atoms with E-state index in [1.54, 1.807) is 6.07 Å². The summed E-state index contributed by atoms with van der Waals surface area (Å²) < 4.78 is 67.4. The molecule has 1 N–H and O–H groups in total. The van der Waals surface area contributed by atoms with Gasteiger partial charge >= 0.3 is 12.1 Å². The zero-order valence-corrected chi connectivity index (χ0v) is 22.5. The molecule has 4 rings (SSSR count). The minimum Gasteiger partial charge on any atom is -0.480 e. The Bertz CT molecular complexity index is 1190. The number of halogens is 4. The number of carboxylic acids is 1. The monoisotopic (exact) mass is 565 g/mol. The summed E-state index contributed by atoms with van der Waals surface area (Å²) in [6.07, 6.45) is -6.22. The summed E-state index contributed by atoms with van der Waals surface area (Å²) in [6.45, 7) is 8.87. The Balaban J connectivity index is 1.53. The first-order valence-corrected chi connectivity index (χ1v) is 14.1. The number of hydrogen-bond acceptors (Lipinski definition) is 6. The number of carbonyl (C=O) groups is 2. The average molecular weight is 566 g/mol. The van der Waals surface area contributed by atoms with E-state index in [2.05, 4.69) is 30.6 Å². The Hall–Kier alpha value is -2.05. The molecule has 0 spiro atoms. The van der Waals surface area contributed by atoms with Gasteiger partial charge in [0, 0.05) is 44.0 Å². The molecule has 206 valence electrons. The van der Waals surface area contributed by atoms with E-state index in [1.807, 2.05) is 0 Å². The lowest BCUT2D eigenvalue weighted by Crippen LogP contribution is -2.53. The second-order valence-electron chi connectivity index (χ2n) is 11.1. The Morgan fingerprint density at radius 1 is 1.08 bits per heavy atom. The van der Waals surface area contributed by atoms with Gasteiger partial charge in [-0.15, -0.1) is 0 Å². The molecule has 2 saturated heterocycles. The van der Waals surface area contributed by atoms with Gasteiger partial charge < -0.3 is 14.9 Å². The smallest absolute Gasteiger partial charge is 0.403 e. The molecule has 0 radical (unpaired) electrons. The van der Waals surface area contributed by atoms with E-state index in [1.165, 1.54) is 12.1 Å². The molecule has 8 nitrogen and oxygen atoms in total. The predicted octanol–water partition coefficient (Wildman–Crippen LogP) is 3.43. The third kappa shape index (κ3) is 5.04. The minimum absolute atomic E-state index is 0.0330. The fourth-order valence-corrected chi connectivity index (χ4v) is 7.47. The standard InChI is InChI=1S/C24H31ClF3N3O5S/c1-22(2,3)30-10-8-29(9-11-30)15-4-5-19(17(25)12-15)37(35,36)16-13-18(20(32)33)31(14-16)21(34)23(6-7-23)24(26,27)28/h4-5,12,16,18H,6-11,13-14H2,1-3H3,(H,32,33). The summed E-state index contributed by atoms with van der Waals surface area (Å²) in [6, 6.07) is 2.85. The molecule has 3 aliphatic rings. The zero-order chi connectivity index (χ0) is 27.6. The number of hydrogen-bond donors (Lipinski definition) is 1. The van der Waals surface area contributed by atoms with Crippen molar-refractivity contribution in [3.63, 3.8) is 0 Å². The maximum atomic E-state index is 13.5. The fraction of sp³-hybridized carbons (Fsp3) is 0.667. The Kier molecular flexibility index (Phi) is 7.03. The lowest BCUT2D eigenvalue weighted by Gasteiger charge is -2.43. The number of piperazine rings is 1. The summed E-state index contributed by atoms with van der Waals surface area (Å²) in [5, 5.41) is 8.13. The quantitative estimate of drug-likeness (QED) is 0.584. The van der Waals surface area contributed by atoms with E-state index in [0.717, 1.165) is 31.9 Å². The summed E-state index contributed by atoms with van der Waals surface area (Å²) >= 11 is 6.39. The molecule has 0 bridgehead atoms. The van der Waals surface area contributed by atoms with Gasteiger partial charge in [-0.05, 0) is 58.2 Å². The topological polar surface area (TPSA) is 98.2 Å². The van der Waals surface area contributed by atoms with Crippen molar-refractivity contribution in [2.45, 2.75) is 67.9 Å². The predicted molar refractivity (Wildman–Crippen MR) is 131 cm³/mol. The van der Waals surface area contributed by atoms with Gasteiger partial charge in [0.25, 0.3) is 0 Å². The normalized spacial score (nSPS) is 24.8. The van der Waals surface area contributed by atoms with Crippen molar-refractivity contribution in [2.75, 3.05) is 37.6 Å². The number of aliphatic carboxylic acids is 1. The lowest BCUT2D eigenvalue weighted by atomic mass is 10.0. The maximum Gasteiger partial charge on any atom is 0.403 e. The molecule has 1 aromatic rings. The Labute approximate surface area is 219 Å². The number of amides is 1. The average Bonchev–Trinajstić information content (AvgIpc) is 3.50. The number of benzene rings is 1. The second kappa shape index (κ2) is 9.30. The number of rotatable bonds is 5. The van der Waals surface area contributed by atoms with Crippen molar-refractivity contribution in [2.24, 2.45) is 5.41 Å². The molecule has 2 aliphatic heterocycles. The molecule has 3 fully saturated rings. The van der Waals surface area contributed by atoms with Crippen LogP contribution in [0.5, 0.6) is 0 Å². The molecular formula is C24H31ClF3N3O5S. The van der Waals surface area contributed by atoms with Crippen molar-refractivity contribution in [3.8, 4) is 0 Å². The molecule has 1 aromatic carbocycles. The molecule has 1 saturated carbocycles. The lowest BCUT2D eigenvalue weighted by molar-refractivity contribution is -0.199. The van der Waals surface area contributed by atoms with Gasteiger partial charge in [0.15, 0.2) is 9.84 Å². The van der Waals surface area contributed by atoms with E-state index in [4.69, 9.17) is 11.6 Å². The van der Waals surface area contributed by atoms with E-state index in [0.29, 0.717) is 4.90 Å². The van der Waals surface area contributed by atoms with Gasteiger partial charge in [0.1, 0.15) is 11.5 Å². The molecule has 37 heavy (non-hydrogen) atoms. The van der Waals surface area contributed by atoms with Crippen LogP contribution in [0.15, 0.2) is 23.1 Å². The Morgan fingerprint density at radius 3 is 2.14 bits per heavy atom. The first-order valence-electron chi connectivity index (χ1n) is 12.1. The van der Waals surface area contributed by atoms with Crippen LogP contribution >= 0.6 is 11.6 Å². The number of likely N-dealkylation sites (tertiary alicyclic amines) is 1. The number of carboxylic acid groups (broad SMARTS) is 1. The van der Waals surface area contributed by atoms with Crippen LogP contribution in [0, 0.1) is 5.41 Å². The largest absolute Gasteiger partial charge is 0.480 e. The van der Waals surface area contributed by atoms with Gasteiger partial charge in [-0.2, -0.15) is 13.2 Å². The summed E-state index contributed by atoms with van der Waals surface area (Å²) in [4.78, 5) is 29.4. The maximum absolute atomic E-state index is 13.5. The third-order valence-electron chi connectivity index (χ3n) is 7.76. The highest BCUT2D eigenvalue weighted by Gasteiger charge is 2.70. The van der Waals surface area contributed by atoms with Gasteiger partial charge in [-0.3, -0.25) is 9.69 Å². The van der Waals surface area contributed by atoms with Crippen molar-refractivity contribution in [1.82, 2.24) is 9.80 Å². The van der Waals surface area contributed by atoms with Crippen molar-refractivity contribution in [1.29, 1.82) is 0 Å². The van der Waals surface area contributed by atoms with E-state index < -0.39 is 70.4 Å². The number of nitrogens with zero attached hydrogens (tertiary/aromatic N) is 3. The number of sulfone groups is 1. The zero-order valence-electron chi connectivity index (χ0n) is 20.9.